The summed E-state index contributed by atoms with van der Waals surface area (Å²) in [4.78, 5) is 28.8. The molecule has 2 aromatic rings. The molecule has 0 radical (unpaired) electrons. The molecule has 1 aromatic carbocycles. The number of methoxy groups -OCH3 is 1. The highest BCUT2D eigenvalue weighted by atomic mass is 32.2. The average Bonchev–Trinajstić information content (AvgIpc) is 3.47. The number of nitrogens with one attached hydrogen (secondary N) is 1. The quantitative estimate of drug-likeness (QED) is 0.830. The number of carbonyl (C=O) groups excluding carboxylic acids is 2. The van der Waals surface area contributed by atoms with E-state index in [9.17, 15) is 18.0 Å². The smallest absolute Gasteiger partial charge is 0.269 e. The van der Waals surface area contributed by atoms with Crippen molar-refractivity contribution >= 4 is 21.8 Å². The number of sulfonamides is 1. The number of ether oxygens (including phenoxy) is 1. The van der Waals surface area contributed by atoms with Gasteiger partial charge in [0.1, 0.15) is 4.90 Å². The average molecular weight is 387 g/mol. The van der Waals surface area contributed by atoms with Crippen molar-refractivity contribution in [3.8, 4) is 5.88 Å². The minimum Gasteiger partial charge on any atom is -0.481 e. The molecule has 8 nitrogen and oxygen atoms in total. The van der Waals surface area contributed by atoms with Crippen molar-refractivity contribution in [1.29, 1.82) is 0 Å². The Balaban J connectivity index is 1.57. The molecule has 2 heterocycles. The number of carbonyl (C=O) groups is 2. The predicted molar refractivity (Wildman–Crippen MR) is 94.8 cm³/mol. The molecule has 0 unspecified atom stereocenters. The molecule has 1 aliphatic heterocycles. The van der Waals surface area contributed by atoms with Crippen molar-refractivity contribution in [2.24, 2.45) is 0 Å². The lowest BCUT2D eigenvalue weighted by Crippen LogP contribution is -2.32. The molecule has 9 heteroatoms. The van der Waals surface area contributed by atoms with Gasteiger partial charge in [-0.25, -0.2) is 17.7 Å². The molecular formula is C18H17N3O5S. The van der Waals surface area contributed by atoms with Gasteiger partial charge in [0, 0.05) is 29.9 Å². The van der Waals surface area contributed by atoms with Crippen molar-refractivity contribution in [2.45, 2.75) is 30.3 Å². The molecule has 1 N–H and O–H groups in total. The van der Waals surface area contributed by atoms with Gasteiger partial charge in [-0.05, 0) is 37.1 Å². The second kappa shape index (κ2) is 6.34. The third-order valence-corrected chi connectivity index (χ3v) is 6.45. The van der Waals surface area contributed by atoms with Crippen LogP contribution in [0.3, 0.4) is 0 Å². The lowest BCUT2D eigenvalue weighted by molar-refractivity contribution is 0.0863. The number of hydrogen-bond donors (Lipinski definition) is 1. The zero-order valence-corrected chi connectivity index (χ0v) is 15.3. The highest BCUT2D eigenvalue weighted by Crippen LogP contribution is 2.39. The Morgan fingerprint density at radius 2 is 2.11 bits per heavy atom. The van der Waals surface area contributed by atoms with Gasteiger partial charge in [-0.15, -0.1) is 0 Å². The summed E-state index contributed by atoms with van der Waals surface area (Å²) in [6, 6.07) is 7.36. The van der Waals surface area contributed by atoms with Gasteiger partial charge < -0.3 is 10.1 Å². The van der Waals surface area contributed by atoms with E-state index in [1.807, 2.05) is 0 Å². The first kappa shape index (κ1) is 17.5. The molecule has 1 aliphatic carbocycles. The van der Waals surface area contributed by atoms with E-state index in [0.717, 1.165) is 4.31 Å². The molecule has 1 fully saturated rings. The van der Waals surface area contributed by atoms with Crippen LogP contribution in [0.4, 0.5) is 0 Å². The number of aromatic nitrogens is 1. The summed E-state index contributed by atoms with van der Waals surface area (Å²) in [7, 11) is -2.40. The highest BCUT2D eigenvalue weighted by Gasteiger charge is 2.48. The van der Waals surface area contributed by atoms with Crippen LogP contribution in [0.1, 0.15) is 39.1 Å². The van der Waals surface area contributed by atoms with Crippen LogP contribution < -0.4 is 10.1 Å². The zero-order chi connectivity index (χ0) is 19.2. The molecule has 1 saturated carbocycles. The number of fused-ring (bicyclic) bond motifs is 1. The van der Waals surface area contributed by atoms with Crippen molar-refractivity contribution in [1.82, 2.24) is 14.6 Å². The van der Waals surface area contributed by atoms with Gasteiger partial charge in [-0.3, -0.25) is 9.59 Å². The first-order valence-corrected chi connectivity index (χ1v) is 9.86. The fraction of sp³-hybridized carbons (Fsp3) is 0.278. The topological polar surface area (TPSA) is 106 Å². The van der Waals surface area contributed by atoms with Gasteiger partial charge in [-0.2, -0.15) is 0 Å². The maximum absolute atomic E-state index is 12.7. The van der Waals surface area contributed by atoms with Crippen LogP contribution in [0.5, 0.6) is 5.88 Å². The van der Waals surface area contributed by atoms with Crippen LogP contribution in [0, 0.1) is 0 Å². The third kappa shape index (κ3) is 2.93. The van der Waals surface area contributed by atoms with Crippen molar-refractivity contribution in [2.75, 3.05) is 7.11 Å². The summed E-state index contributed by atoms with van der Waals surface area (Å²) in [6.07, 6.45) is 2.94. The molecule has 27 heavy (non-hydrogen) atoms. The molecule has 4 rings (SSSR count). The minimum atomic E-state index is -3.89. The van der Waals surface area contributed by atoms with Gasteiger partial charge in [0.2, 0.25) is 5.88 Å². The van der Waals surface area contributed by atoms with E-state index in [4.69, 9.17) is 4.74 Å². The number of rotatable bonds is 5. The Hall–Kier alpha value is -2.94. The lowest BCUT2D eigenvalue weighted by Gasteiger charge is -2.13. The molecule has 1 aromatic heterocycles. The van der Waals surface area contributed by atoms with E-state index in [-0.39, 0.29) is 28.6 Å². The Labute approximate surface area is 156 Å². The lowest BCUT2D eigenvalue weighted by atomic mass is 10.1. The number of benzene rings is 1. The highest BCUT2D eigenvalue weighted by molar-refractivity contribution is 7.90. The van der Waals surface area contributed by atoms with E-state index < -0.39 is 21.8 Å². The van der Waals surface area contributed by atoms with E-state index >= 15 is 0 Å². The first-order valence-electron chi connectivity index (χ1n) is 8.42. The van der Waals surface area contributed by atoms with E-state index in [1.165, 1.54) is 25.3 Å². The van der Waals surface area contributed by atoms with Crippen LogP contribution in [0.25, 0.3) is 0 Å². The summed E-state index contributed by atoms with van der Waals surface area (Å²) in [6.45, 7) is 0.173. The SMILES string of the molecule is COc1ncccc1CNC(=O)c1ccc2c(c1)S(=O)(=O)N(C1CC1)C2=O. The monoisotopic (exact) mass is 387 g/mol. The van der Waals surface area contributed by atoms with Gasteiger partial charge in [0.25, 0.3) is 21.8 Å². The zero-order valence-electron chi connectivity index (χ0n) is 14.5. The van der Waals surface area contributed by atoms with Gasteiger partial charge in [0.15, 0.2) is 0 Å². The Morgan fingerprint density at radius 1 is 1.33 bits per heavy atom. The third-order valence-electron chi connectivity index (χ3n) is 4.57. The van der Waals surface area contributed by atoms with Crippen LogP contribution in [0.15, 0.2) is 41.4 Å². The van der Waals surface area contributed by atoms with Crippen LogP contribution in [-0.2, 0) is 16.6 Å². The predicted octanol–water partition coefficient (Wildman–Crippen LogP) is 1.33. The molecule has 0 spiro atoms. The maximum Gasteiger partial charge on any atom is 0.269 e. The fourth-order valence-corrected chi connectivity index (χ4v) is 4.92. The number of hydrogen-bond acceptors (Lipinski definition) is 6. The molecular weight excluding hydrogens is 370 g/mol. The summed E-state index contributed by atoms with van der Waals surface area (Å²) in [5.74, 6) is -0.559. The van der Waals surface area contributed by atoms with Crippen molar-refractivity contribution in [3.63, 3.8) is 0 Å². The van der Waals surface area contributed by atoms with E-state index in [2.05, 4.69) is 10.3 Å². The number of amides is 2. The van der Waals surface area contributed by atoms with Crippen LogP contribution in [-0.4, -0.2) is 42.7 Å². The summed E-state index contributed by atoms with van der Waals surface area (Å²) in [5, 5.41) is 2.71. The molecule has 2 aliphatic rings. The molecule has 0 atom stereocenters. The summed E-state index contributed by atoms with van der Waals surface area (Å²) >= 11 is 0. The van der Waals surface area contributed by atoms with Crippen LogP contribution >= 0.6 is 0 Å². The second-order valence-corrected chi connectivity index (χ2v) is 8.19. The maximum atomic E-state index is 12.7. The summed E-state index contributed by atoms with van der Waals surface area (Å²) < 4.78 is 31.4. The molecule has 0 bridgehead atoms. The number of pyridine rings is 1. The second-order valence-electron chi connectivity index (χ2n) is 6.40. The fourth-order valence-electron chi connectivity index (χ4n) is 3.08. The molecule has 0 saturated heterocycles. The Kier molecular flexibility index (Phi) is 4.11. The van der Waals surface area contributed by atoms with Crippen LogP contribution in [0.2, 0.25) is 0 Å². The van der Waals surface area contributed by atoms with Crippen molar-refractivity contribution in [3.05, 3.63) is 53.2 Å². The molecule has 140 valence electrons. The van der Waals surface area contributed by atoms with Gasteiger partial charge in [-0.1, -0.05) is 6.07 Å². The Morgan fingerprint density at radius 3 is 2.81 bits per heavy atom. The standard InChI is InChI=1S/C18H17N3O5S/c1-26-17-12(3-2-8-19-17)10-20-16(22)11-4-7-14-15(9-11)27(24,25)21(18(14)23)13-5-6-13/h2-4,7-9,13H,5-6,10H2,1H3,(H,20,22). The molecule has 2 amide bonds. The first-order chi connectivity index (χ1) is 12.9. The summed E-state index contributed by atoms with van der Waals surface area (Å²) in [5.41, 5.74) is 0.982. The van der Waals surface area contributed by atoms with E-state index in [1.54, 1.807) is 18.3 Å². The van der Waals surface area contributed by atoms with Crippen molar-refractivity contribution < 1.29 is 22.7 Å². The minimum absolute atomic E-state index is 0.106. The van der Waals surface area contributed by atoms with E-state index in [0.29, 0.717) is 24.3 Å². The largest absolute Gasteiger partial charge is 0.481 e. The van der Waals surface area contributed by atoms with Gasteiger partial charge in [0.05, 0.1) is 12.7 Å². The normalized spacial score (nSPS) is 17.5. The van der Waals surface area contributed by atoms with Gasteiger partial charge >= 0.3 is 0 Å². The Bertz CT molecular complexity index is 1050. The number of nitrogens with zero attached hydrogens (tertiary/aromatic N) is 2.